The number of benzene rings is 1. The molecule has 1 aromatic carbocycles. The number of pyridine rings is 2. The summed E-state index contributed by atoms with van der Waals surface area (Å²) in [5, 5.41) is 2.28. The fourth-order valence-corrected chi connectivity index (χ4v) is 1.68. The molecule has 0 aliphatic rings. The maximum Gasteiger partial charge on any atom is 2.00 e. The summed E-state index contributed by atoms with van der Waals surface area (Å²) in [6.07, 6.45) is 3.60. The van der Waals surface area contributed by atoms with E-state index in [-0.39, 0.29) is 41.3 Å². The van der Waals surface area contributed by atoms with Gasteiger partial charge in [-0.1, -0.05) is 24.3 Å². The van der Waals surface area contributed by atoms with Crippen LogP contribution >= 0.6 is 0 Å². The molecule has 0 amide bonds. The normalized spacial score (nSPS) is 8.94. The van der Waals surface area contributed by atoms with Crippen molar-refractivity contribution in [3.63, 3.8) is 0 Å². The molecule has 0 unspecified atom stereocenters. The van der Waals surface area contributed by atoms with Crippen LogP contribution in [0.4, 0.5) is 0 Å². The molecule has 0 aliphatic carbocycles. The van der Waals surface area contributed by atoms with Crippen LogP contribution in [-0.4, -0.2) is 9.97 Å². The second-order valence-corrected chi connectivity index (χ2v) is 3.22. The topological polar surface area (TPSA) is 25.8 Å². The van der Waals surface area contributed by atoms with Crippen LogP contribution in [0.15, 0.2) is 48.8 Å². The average Bonchev–Trinajstić information content (AvgIpc) is 2.29. The van der Waals surface area contributed by atoms with E-state index in [0.717, 1.165) is 21.8 Å². The molecule has 0 spiro atoms. The quantitative estimate of drug-likeness (QED) is 0.323. The Hall–Kier alpha value is -0.886. The summed E-state index contributed by atoms with van der Waals surface area (Å²) < 4.78 is 0. The van der Waals surface area contributed by atoms with Gasteiger partial charge in [0.25, 0.3) is 0 Å². The van der Waals surface area contributed by atoms with Gasteiger partial charge in [0.1, 0.15) is 0 Å². The van der Waals surface area contributed by atoms with Gasteiger partial charge in [0.2, 0.25) is 0 Å². The molecule has 3 rings (SSSR count). The maximum absolute atomic E-state index is 4.35. The van der Waals surface area contributed by atoms with E-state index in [1.807, 2.05) is 12.1 Å². The van der Waals surface area contributed by atoms with Gasteiger partial charge in [-0.3, -0.25) is 9.97 Å². The molecule has 17 heavy (non-hydrogen) atoms. The summed E-state index contributed by atoms with van der Waals surface area (Å²) in [5.74, 6) is 0. The van der Waals surface area contributed by atoms with E-state index < -0.39 is 0 Å². The molecule has 0 saturated carbocycles. The van der Waals surface area contributed by atoms with Gasteiger partial charge in [-0.15, -0.1) is 0 Å². The third-order valence-electron chi connectivity index (χ3n) is 2.34. The third kappa shape index (κ3) is 2.87. The summed E-state index contributed by atoms with van der Waals surface area (Å²) in [6, 6.07) is 12.1. The molecule has 2 aromatic heterocycles. The number of nitrogens with zero attached hydrogens (tertiary/aromatic N) is 2. The van der Waals surface area contributed by atoms with Gasteiger partial charge in [0, 0.05) is 23.2 Å². The Labute approximate surface area is 122 Å². The molecule has 0 bridgehead atoms. The van der Waals surface area contributed by atoms with Crippen LogP contribution in [0.5, 0.6) is 0 Å². The van der Waals surface area contributed by atoms with E-state index in [9.17, 15) is 0 Å². The van der Waals surface area contributed by atoms with Crippen LogP contribution in [0.1, 0.15) is 0 Å². The van der Waals surface area contributed by atoms with Crippen molar-refractivity contribution in [1.82, 2.24) is 9.97 Å². The van der Waals surface area contributed by atoms with Crippen LogP contribution in [0.3, 0.4) is 0 Å². The molecule has 3 aromatic rings. The van der Waals surface area contributed by atoms with Crippen LogP contribution in [0.2, 0.25) is 0 Å². The first-order valence-electron chi connectivity index (χ1n) is 4.53. The van der Waals surface area contributed by atoms with Crippen LogP contribution in [0.25, 0.3) is 21.8 Å². The van der Waals surface area contributed by atoms with E-state index in [1.54, 1.807) is 12.4 Å². The first-order chi connectivity index (χ1) is 6.95. The molecule has 2 heterocycles. The number of hydrogen-bond donors (Lipinski definition) is 0. The molecule has 0 radical (unpaired) electrons. The predicted molar refractivity (Wildman–Crippen MR) is 57.0 cm³/mol. The Morgan fingerprint density at radius 1 is 0.647 bits per heavy atom. The second kappa shape index (κ2) is 6.75. The van der Waals surface area contributed by atoms with Crippen LogP contribution in [0, 0.1) is 0 Å². The molecule has 90 valence electrons. The molecule has 0 aliphatic heterocycles. The molecule has 2 nitrogen and oxygen atoms in total. The Kier molecular flexibility index (Phi) is 6.40. The van der Waals surface area contributed by atoms with Crippen molar-refractivity contribution < 1.29 is 41.3 Å². The van der Waals surface area contributed by atoms with Gasteiger partial charge in [-0.05, 0) is 12.1 Å². The summed E-state index contributed by atoms with van der Waals surface area (Å²) >= 11 is 0. The van der Waals surface area contributed by atoms with E-state index in [4.69, 9.17) is 0 Å². The average molecular weight is 310 g/mol. The Balaban J connectivity index is 0.000000853. The minimum atomic E-state index is 0. The minimum Gasteiger partial charge on any atom is -1.00 e. The fourth-order valence-electron chi connectivity index (χ4n) is 1.68. The Bertz CT molecular complexity index is 561. The molecule has 0 atom stereocenters. The van der Waals surface area contributed by atoms with Gasteiger partial charge < -0.3 is 24.8 Å². The molecule has 5 heteroatoms. The largest absolute Gasteiger partial charge is 2.00 e. The van der Waals surface area contributed by atoms with Crippen molar-refractivity contribution in [1.29, 1.82) is 0 Å². The second-order valence-electron chi connectivity index (χ2n) is 3.22. The van der Waals surface area contributed by atoms with Gasteiger partial charge in [0.15, 0.2) is 0 Å². The summed E-state index contributed by atoms with van der Waals surface area (Å²) in [5.41, 5.74) is 1.95. The molecular weight excluding hydrogens is 302 g/mol. The zero-order valence-corrected chi connectivity index (χ0v) is 11.1. The predicted octanol–water partition coefficient (Wildman–Crippen LogP) is -3.21. The van der Waals surface area contributed by atoms with E-state index in [2.05, 4.69) is 34.2 Å². The zero-order chi connectivity index (χ0) is 9.38. The monoisotopic (exact) mass is 308 g/mol. The van der Waals surface area contributed by atoms with Crippen molar-refractivity contribution in [2.24, 2.45) is 0 Å². The van der Waals surface area contributed by atoms with Crippen molar-refractivity contribution in [3.05, 3.63) is 48.8 Å². The number of hydrogen-bond acceptors (Lipinski definition) is 2. The van der Waals surface area contributed by atoms with Gasteiger partial charge in [-0.2, -0.15) is 0 Å². The number of aromatic nitrogens is 2. The third-order valence-corrected chi connectivity index (χ3v) is 2.34. The molecular formula is C12H8Cl2N2Ni. The standard InChI is InChI=1S/C12H8N2.2ClH.Ni/c1-3-9-5-6-10-4-2-8-14-12(10)11(9)13-7-1;;;/h1-8H;2*1H;/q;;;+2/p-2. The van der Waals surface area contributed by atoms with Crippen molar-refractivity contribution in [2.75, 3.05) is 0 Å². The number of fused-ring (bicyclic) bond motifs is 3. The molecule has 0 N–H and O–H groups in total. The zero-order valence-electron chi connectivity index (χ0n) is 8.59. The maximum atomic E-state index is 4.35. The van der Waals surface area contributed by atoms with Crippen molar-refractivity contribution in [2.45, 2.75) is 0 Å². The summed E-state index contributed by atoms with van der Waals surface area (Å²) in [6.45, 7) is 0. The van der Waals surface area contributed by atoms with E-state index >= 15 is 0 Å². The van der Waals surface area contributed by atoms with Crippen LogP contribution in [-0.2, 0) is 16.5 Å². The van der Waals surface area contributed by atoms with E-state index in [1.165, 1.54) is 0 Å². The van der Waals surface area contributed by atoms with Crippen molar-refractivity contribution >= 4 is 21.8 Å². The first kappa shape index (κ1) is 16.1. The first-order valence-corrected chi connectivity index (χ1v) is 4.53. The van der Waals surface area contributed by atoms with Crippen LogP contribution < -0.4 is 24.8 Å². The number of halogens is 2. The number of rotatable bonds is 0. The van der Waals surface area contributed by atoms with E-state index in [0.29, 0.717) is 0 Å². The fraction of sp³-hybridized carbons (Fsp3) is 0. The van der Waals surface area contributed by atoms with Gasteiger partial charge >= 0.3 is 16.5 Å². The Morgan fingerprint density at radius 3 is 1.47 bits per heavy atom. The SMILES string of the molecule is [Cl-].[Cl-].[Ni+2].c1cnc2c(c1)ccc1cccnc12. The molecule has 0 saturated heterocycles. The smallest absolute Gasteiger partial charge is 1.00 e. The molecule has 0 fully saturated rings. The van der Waals surface area contributed by atoms with Gasteiger partial charge in [-0.25, -0.2) is 0 Å². The minimum absolute atomic E-state index is 0. The summed E-state index contributed by atoms with van der Waals surface area (Å²) in [4.78, 5) is 8.69. The van der Waals surface area contributed by atoms with Crippen molar-refractivity contribution in [3.8, 4) is 0 Å². The Morgan fingerprint density at radius 2 is 1.06 bits per heavy atom. The summed E-state index contributed by atoms with van der Waals surface area (Å²) in [7, 11) is 0. The van der Waals surface area contributed by atoms with Gasteiger partial charge in [0.05, 0.1) is 11.0 Å².